The zero-order valence-electron chi connectivity index (χ0n) is 10.4. The van der Waals surface area contributed by atoms with Crippen LogP contribution in [0.2, 0.25) is 0 Å². The standard InChI is InChI=1S/C14H18BrNO/c1-10-4-3-7-16(9-10)14-6-5-12(11(2)17)8-13(14)15/h5-6,8,10H,3-4,7,9H2,1-2H3. The number of carbonyl (C=O) groups is 1. The zero-order chi connectivity index (χ0) is 12.4. The maximum Gasteiger partial charge on any atom is 0.159 e. The maximum atomic E-state index is 11.3. The Hall–Kier alpha value is -0.830. The summed E-state index contributed by atoms with van der Waals surface area (Å²) in [5.74, 6) is 0.868. The van der Waals surface area contributed by atoms with Gasteiger partial charge < -0.3 is 4.90 Å². The molecule has 2 nitrogen and oxygen atoms in total. The van der Waals surface area contributed by atoms with Gasteiger partial charge >= 0.3 is 0 Å². The van der Waals surface area contributed by atoms with Crippen LogP contribution in [0, 0.1) is 5.92 Å². The molecule has 0 amide bonds. The molecule has 1 aromatic carbocycles. The number of rotatable bonds is 2. The molecule has 92 valence electrons. The van der Waals surface area contributed by atoms with Gasteiger partial charge in [0.2, 0.25) is 0 Å². The van der Waals surface area contributed by atoms with Crippen molar-refractivity contribution in [2.45, 2.75) is 26.7 Å². The summed E-state index contributed by atoms with van der Waals surface area (Å²) in [6, 6.07) is 5.90. The van der Waals surface area contributed by atoms with Crippen molar-refractivity contribution in [1.82, 2.24) is 0 Å². The van der Waals surface area contributed by atoms with Gasteiger partial charge in [-0.1, -0.05) is 6.92 Å². The lowest BCUT2D eigenvalue weighted by Crippen LogP contribution is -2.34. The van der Waals surface area contributed by atoms with E-state index in [1.807, 2.05) is 12.1 Å². The normalized spacial score (nSPS) is 20.4. The van der Waals surface area contributed by atoms with Gasteiger partial charge in [0.25, 0.3) is 0 Å². The molecule has 0 saturated carbocycles. The lowest BCUT2D eigenvalue weighted by atomic mass is 9.99. The van der Waals surface area contributed by atoms with Crippen LogP contribution in [0.25, 0.3) is 0 Å². The molecular formula is C14H18BrNO. The average Bonchev–Trinajstić information content (AvgIpc) is 2.28. The molecule has 0 radical (unpaired) electrons. The van der Waals surface area contributed by atoms with Crippen molar-refractivity contribution in [1.29, 1.82) is 0 Å². The number of nitrogens with zero attached hydrogens (tertiary/aromatic N) is 1. The number of ketones is 1. The molecule has 0 spiro atoms. The molecule has 1 unspecified atom stereocenters. The van der Waals surface area contributed by atoms with E-state index in [1.165, 1.54) is 18.5 Å². The summed E-state index contributed by atoms with van der Waals surface area (Å²) in [4.78, 5) is 13.7. The predicted molar refractivity (Wildman–Crippen MR) is 74.8 cm³/mol. The second-order valence-corrected chi connectivity index (χ2v) is 5.77. The molecule has 1 atom stereocenters. The number of anilines is 1. The third-order valence-electron chi connectivity index (χ3n) is 3.35. The van der Waals surface area contributed by atoms with E-state index in [9.17, 15) is 4.79 Å². The Morgan fingerprint density at radius 3 is 2.82 bits per heavy atom. The molecular weight excluding hydrogens is 278 g/mol. The molecule has 3 heteroatoms. The van der Waals surface area contributed by atoms with Crippen LogP contribution in [0.1, 0.15) is 37.0 Å². The summed E-state index contributed by atoms with van der Waals surface area (Å²) in [5, 5.41) is 0. The smallest absolute Gasteiger partial charge is 0.159 e. The largest absolute Gasteiger partial charge is 0.370 e. The summed E-state index contributed by atoms with van der Waals surface area (Å²) in [7, 11) is 0. The van der Waals surface area contributed by atoms with Gasteiger partial charge in [-0.25, -0.2) is 0 Å². The van der Waals surface area contributed by atoms with Gasteiger partial charge in [0, 0.05) is 23.1 Å². The number of benzene rings is 1. The first kappa shape index (κ1) is 12.6. The van der Waals surface area contributed by atoms with Gasteiger partial charge in [-0.05, 0) is 59.8 Å². The fourth-order valence-corrected chi connectivity index (χ4v) is 3.02. The van der Waals surface area contributed by atoms with Crippen LogP contribution in [-0.4, -0.2) is 18.9 Å². The quantitative estimate of drug-likeness (QED) is 0.772. The SMILES string of the molecule is CC(=O)c1ccc(N2CCCC(C)C2)c(Br)c1. The van der Waals surface area contributed by atoms with Crippen molar-refractivity contribution in [3.63, 3.8) is 0 Å². The minimum absolute atomic E-state index is 0.115. The number of Topliss-reactive ketones (excluding diaryl/α,β-unsaturated/α-hetero) is 1. The first-order chi connectivity index (χ1) is 8.08. The highest BCUT2D eigenvalue weighted by Crippen LogP contribution is 2.30. The summed E-state index contributed by atoms with van der Waals surface area (Å²) in [5.41, 5.74) is 1.98. The lowest BCUT2D eigenvalue weighted by Gasteiger charge is -2.33. The Morgan fingerprint density at radius 1 is 1.47 bits per heavy atom. The zero-order valence-corrected chi connectivity index (χ0v) is 12.0. The van der Waals surface area contributed by atoms with Crippen LogP contribution in [0.4, 0.5) is 5.69 Å². The Kier molecular flexibility index (Phi) is 3.87. The third kappa shape index (κ3) is 2.89. The van der Waals surface area contributed by atoms with E-state index >= 15 is 0 Å². The molecule has 1 aliphatic heterocycles. The molecule has 2 rings (SSSR count). The first-order valence-electron chi connectivity index (χ1n) is 6.13. The number of piperidine rings is 1. The Labute approximate surface area is 111 Å². The Morgan fingerprint density at radius 2 is 2.24 bits per heavy atom. The van der Waals surface area contributed by atoms with E-state index in [1.54, 1.807) is 6.92 Å². The highest BCUT2D eigenvalue weighted by Gasteiger charge is 2.18. The highest BCUT2D eigenvalue weighted by atomic mass is 79.9. The fraction of sp³-hybridized carbons (Fsp3) is 0.500. The summed E-state index contributed by atoms with van der Waals surface area (Å²) < 4.78 is 1.03. The van der Waals surface area contributed by atoms with Gasteiger partial charge in [0.15, 0.2) is 5.78 Å². The van der Waals surface area contributed by atoms with E-state index in [4.69, 9.17) is 0 Å². The molecule has 1 aromatic rings. The van der Waals surface area contributed by atoms with Gasteiger partial charge in [-0.2, -0.15) is 0 Å². The lowest BCUT2D eigenvalue weighted by molar-refractivity contribution is 0.101. The summed E-state index contributed by atoms with van der Waals surface area (Å²) in [6.45, 7) is 6.12. The van der Waals surface area contributed by atoms with E-state index in [2.05, 4.69) is 33.8 Å². The number of hydrogen-bond donors (Lipinski definition) is 0. The summed E-state index contributed by atoms with van der Waals surface area (Å²) in [6.07, 6.45) is 2.57. The van der Waals surface area contributed by atoms with E-state index in [0.29, 0.717) is 0 Å². The second kappa shape index (κ2) is 5.21. The molecule has 1 saturated heterocycles. The number of carbonyl (C=O) groups excluding carboxylic acids is 1. The van der Waals surface area contributed by atoms with Crippen molar-refractivity contribution in [2.75, 3.05) is 18.0 Å². The topological polar surface area (TPSA) is 20.3 Å². The van der Waals surface area contributed by atoms with Crippen molar-refractivity contribution in [2.24, 2.45) is 5.92 Å². The van der Waals surface area contributed by atoms with Crippen molar-refractivity contribution >= 4 is 27.4 Å². The predicted octanol–water partition coefficient (Wildman–Crippen LogP) is 3.89. The van der Waals surface area contributed by atoms with Crippen molar-refractivity contribution in [3.8, 4) is 0 Å². The van der Waals surface area contributed by atoms with Gasteiger partial charge in [0.1, 0.15) is 0 Å². The molecule has 17 heavy (non-hydrogen) atoms. The Balaban J connectivity index is 2.23. The van der Waals surface area contributed by atoms with Crippen molar-refractivity contribution < 1.29 is 4.79 Å². The van der Waals surface area contributed by atoms with Crippen LogP contribution in [0.5, 0.6) is 0 Å². The van der Waals surface area contributed by atoms with Crippen LogP contribution < -0.4 is 4.90 Å². The van der Waals surface area contributed by atoms with Gasteiger partial charge in [0.05, 0.1) is 5.69 Å². The second-order valence-electron chi connectivity index (χ2n) is 4.92. The Bertz CT molecular complexity index is 430. The average molecular weight is 296 g/mol. The van der Waals surface area contributed by atoms with Crippen LogP contribution in [-0.2, 0) is 0 Å². The van der Waals surface area contributed by atoms with Crippen LogP contribution in [0.3, 0.4) is 0 Å². The number of halogens is 1. The van der Waals surface area contributed by atoms with E-state index in [0.717, 1.165) is 29.0 Å². The van der Waals surface area contributed by atoms with Gasteiger partial charge in [-0.3, -0.25) is 4.79 Å². The fourth-order valence-electron chi connectivity index (χ4n) is 2.39. The number of hydrogen-bond acceptors (Lipinski definition) is 2. The molecule has 0 aliphatic carbocycles. The minimum atomic E-state index is 0.115. The monoisotopic (exact) mass is 295 g/mol. The maximum absolute atomic E-state index is 11.3. The van der Waals surface area contributed by atoms with Crippen LogP contribution in [0.15, 0.2) is 22.7 Å². The minimum Gasteiger partial charge on any atom is -0.370 e. The molecule has 0 N–H and O–H groups in total. The first-order valence-corrected chi connectivity index (χ1v) is 6.92. The summed E-state index contributed by atoms with van der Waals surface area (Å²) >= 11 is 3.58. The van der Waals surface area contributed by atoms with Crippen LogP contribution >= 0.6 is 15.9 Å². The van der Waals surface area contributed by atoms with E-state index < -0.39 is 0 Å². The molecule has 1 aliphatic rings. The van der Waals surface area contributed by atoms with Crippen molar-refractivity contribution in [3.05, 3.63) is 28.2 Å². The highest BCUT2D eigenvalue weighted by molar-refractivity contribution is 9.10. The molecule has 0 bridgehead atoms. The molecule has 1 fully saturated rings. The molecule has 1 heterocycles. The third-order valence-corrected chi connectivity index (χ3v) is 3.99. The van der Waals surface area contributed by atoms with Gasteiger partial charge in [-0.15, -0.1) is 0 Å². The molecule has 0 aromatic heterocycles. The van der Waals surface area contributed by atoms with E-state index in [-0.39, 0.29) is 5.78 Å².